The van der Waals surface area contributed by atoms with E-state index in [0.717, 1.165) is 5.56 Å². The van der Waals surface area contributed by atoms with E-state index < -0.39 is 0 Å². The summed E-state index contributed by atoms with van der Waals surface area (Å²) in [5, 5.41) is 3.39. The van der Waals surface area contributed by atoms with Gasteiger partial charge >= 0.3 is 5.97 Å². The maximum Gasteiger partial charge on any atom is 0.308 e. The van der Waals surface area contributed by atoms with E-state index >= 15 is 0 Å². The average Bonchev–Trinajstić information content (AvgIpc) is 3.13. The summed E-state index contributed by atoms with van der Waals surface area (Å²) in [7, 11) is 1.39. The molecule has 0 N–H and O–H groups in total. The van der Waals surface area contributed by atoms with Crippen LogP contribution in [0.4, 0.5) is 0 Å². The summed E-state index contributed by atoms with van der Waals surface area (Å²) in [5.74, 6) is -0.454. The molecule has 8 heteroatoms. The summed E-state index contributed by atoms with van der Waals surface area (Å²) < 4.78 is 4.77. The molecule has 1 saturated heterocycles. The van der Waals surface area contributed by atoms with E-state index in [2.05, 4.69) is 4.98 Å². The standard InChI is InChI=1S/C17H16Cl2N2O3S/c1-24-17(23)10-4-6-21(7-5-10)16(22)14-9-25-15(20-14)11-2-3-12(18)13(19)8-11/h2-3,8-10H,4-7H2,1H3. The highest BCUT2D eigenvalue weighted by molar-refractivity contribution is 7.13. The number of hydrogen-bond acceptors (Lipinski definition) is 5. The number of hydrogen-bond donors (Lipinski definition) is 0. The van der Waals surface area contributed by atoms with Crippen LogP contribution in [-0.4, -0.2) is 42.0 Å². The van der Waals surface area contributed by atoms with Gasteiger partial charge in [-0.2, -0.15) is 0 Å². The number of carbonyl (C=O) groups excluding carboxylic acids is 2. The topological polar surface area (TPSA) is 59.5 Å². The largest absolute Gasteiger partial charge is 0.469 e. The lowest BCUT2D eigenvalue weighted by Crippen LogP contribution is -2.40. The molecule has 0 bridgehead atoms. The van der Waals surface area contributed by atoms with Crippen LogP contribution >= 0.6 is 34.5 Å². The molecule has 0 atom stereocenters. The Hall–Kier alpha value is -1.63. The minimum atomic E-state index is -0.206. The van der Waals surface area contributed by atoms with Gasteiger partial charge in [-0.05, 0) is 25.0 Å². The molecule has 0 unspecified atom stereocenters. The van der Waals surface area contributed by atoms with E-state index in [4.69, 9.17) is 27.9 Å². The van der Waals surface area contributed by atoms with E-state index in [0.29, 0.717) is 46.7 Å². The molecule has 1 fully saturated rings. The van der Waals surface area contributed by atoms with Crippen LogP contribution in [-0.2, 0) is 9.53 Å². The number of carbonyl (C=O) groups is 2. The lowest BCUT2D eigenvalue weighted by molar-refractivity contribution is -0.146. The Bertz CT molecular complexity index is 801. The third-order valence-corrected chi connectivity index (χ3v) is 5.84. The van der Waals surface area contributed by atoms with Gasteiger partial charge in [-0.1, -0.05) is 29.3 Å². The van der Waals surface area contributed by atoms with Gasteiger partial charge in [0.1, 0.15) is 10.7 Å². The highest BCUT2D eigenvalue weighted by Crippen LogP contribution is 2.31. The Morgan fingerprint density at radius 2 is 1.96 bits per heavy atom. The maximum atomic E-state index is 12.6. The SMILES string of the molecule is COC(=O)C1CCN(C(=O)c2csc(-c3ccc(Cl)c(Cl)c3)n2)CC1. The highest BCUT2D eigenvalue weighted by Gasteiger charge is 2.29. The molecule has 1 aliphatic heterocycles. The second-order valence-corrected chi connectivity index (χ2v) is 7.43. The lowest BCUT2D eigenvalue weighted by Gasteiger charge is -2.30. The number of benzene rings is 1. The second-order valence-electron chi connectivity index (χ2n) is 5.76. The predicted octanol–water partition coefficient (Wildman–Crippen LogP) is 4.14. The minimum Gasteiger partial charge on any atom is -0.469 e. The van der Waals surface area contributed by atoms with Crippen LogP contribution in [0.2, 0.25) is 10.0 Å². The van der Waals surface area contributed by atoms with Crippen molar-refractivity contribution in [3.8, 4) is 10.6 Å². The third kappa shape index (κ3) is 3.97. The molecule has 1 aromatic heterocycles. The summed E-state index contributed by atoms with van der Waals surface area (Å²) in [6.07, 6.45) is 1.23. The quantitative estimate of drug-likeness (QED) is 0.728. The molecule has 2 aromatic rings. The molecule has 0 aliphatic carbocycles. The number of nitrogens with zero attached hydrogens (tertiary/aromatic N) is 2. The average molecular weight is 399 g/mol. The van der Waals surface area contributed by atoms with E-state index in [1.165, 1.54) is 18.4 Å². The number of piperidine rings is 1. The van der Waals surface area contributed by atoms with Crippen LogP contribution in [0.5, 0.6) is 0 Å². The van der Waals surface area contributed by atoms with Gasteiger partial charge in [0.25, 0.3) is 5.91 Å². The summed E-state index contributed by atoms with van der Waals surface area (Å²) in [4.78, 5) is 30.3. The maximum absolute atomic E-state index is 12.6. The van der Waals surface area contributed by atoms with E-state index in [-0.39, 0.29) is 17.8 Å². The lowest BCUT2D eigenvalue weighted by atomic mass is 9.97. The number of esters is 1. The summed E-state index contributed by atoms with van der Waals surface area (Å²) in [6, 6.07) is 5.27. The van der Waals surface area contributed by atoms with E-state index in [1.807, 2.05) is 6.07 Å². The first-order valence-electron chi connectivity index (χ1n) is 7.77. The van der Waals surface area contributed by atoms with Gasteiger partial charge in [0, 0.05) is 24.0 Å². The third-order valence-electron chi connectivity index (χ3n) is 4.21. The van der Waals surface area contributed by atoms with Crippen molar-refractivity contribution in [2.75, 3.05) is 20.2 Å². The van der Waals surface area contributed by atoms with Gasteiger partial charge in [-0.15, -0.1) is 11.3 Å². The summed E-state index contributed by atoms with van der Waals surface area (Å²) in [6.45, 7) is 1.05. The van der Waals surface area contributed by atoms with Gasteiger partial charge < -0.3 is 9.64 Å². The highest BCUT2D eigenvalue weighted by atomic mass is 35.5. The van der Waals surface area contributed by atoms with Crippen molar-refractivity contribution in [1.29, 1.82) is 0 Å². The van der Waals surface area contributed by atoms with Crippen molar-refractivity contribution in [1.82, 2.24) is 9.88 Å². The molecule has 0 radical (unpaired) electrons. The van der Waals surface area contributed by atoms with Crippen LogP contribution in [0.15, 0.2) is 23.6 Å². The number of ether oxygens (including phenoxy) is 1. The number of methoxy groups -OCH3 is 1. The zero-order valence-electron chi connectivity index (χ0n) is 13.5. The van der Waals surface area contributed by atoms with Crippen molar-refractivity contribution >= 4 is 46.4 Å². The number of amides is 1. The fraction of sp³-hybridized carbons (Fsp3) is 0.353. The zero-order valence-corrected chi connectivity index (χ0v) is 15.8. The molecule has 1 amide bonds. The van der Waals surface area contributed by atoms with Gasteiger partial charge in [0.15, 0.2) is 0 Å². The molecule has 25 heavy (non-hydrogen) atoms. The van der Waals surface area contributed by atoms with Crippen LogP contribution in [0.1, 0.15) is 23.3 Å². The first-order valence-corrected chi connectivity index (χ1v) is 9.41. The molecule has 1 aromatic carbocycles. The predicted molar refractivity (Wildman–Crippen MR) is 98.2 cm³/mol. The number of likely N-dealkylation sites (tertiary alicyclic amines) is 1. The van der Waals surface area contributed by atoms with Gasteiger partial charge in [0.2, 0.25) is 0 Å². The van der Waals surface area contributed by atoms with E-state index in [1.54, 1.807) is 22.4 Å². The van der Waals surface area contributed by atoms with E-state index in [9.17, 15) is 9.59 Å². The summed E-state index contributed by atoms with van der Waals surface area (Å²) >= 11 is 13.3. The number of rotatable bonds is 3. The number of thiazole rings is 1. The molecule has 0 spiro atoms. The summed E-state index contributed by atoms with van der Waals surface area (Å²) in [5.41, 5.74) is 1.23. The molecular formula is C17H16Cl2N2O3S. The first kappa shape index (κ1) is 18.2. The molecule has 0 saturated carbocycles. The second kappa shape index (κ2) is 7.72. The minimum absolute atomic E-state index is 0.120. The van der Waals surface area contributed by atoms with Crippen molar-refractivity contribution < 1.29 is 14.3 Å². The van der Waals surface area contributed by atoms with Crippen LogP contribution in [0, 0.1) is 5.92 Å². The van der Waals surface area contributed by atoms with Crippen molar-refractivity contribution in [2.45, 2.75) is 12.8 Å². The van der Waals surface area contributed by atoms with Crippen LogP contribution < -0.4 is 0 Å². The smallest absolute Gasteiger partial charge is 0.308 e. The van der Waals surface area contributed by atoms with Gasteiger partial charge in [-0.3, -0.25) is 9.59 Å². The Morgan fingerprint density at radius 1 is 1.24 bits per heavy atom. The fourth-order valence-corrected chi connectivity index (χ4v) is 3.87. The molecule has 3 rings (SSSR count). The fourth-order valence-electron chi connectivity index (χ4n) is 2.78. The molecule has 132 valence electrons. The van der Waals surface area contributed by atoms with Gasteiger partial charge in [-0.25, -0.2) is 4.98 Å². The van der Waals surface area contributed by atoms with Crippen molar-refractivity contribution in [3.05, 3.63) is 39.3 Å². The number of halogens is 2. The number of aromatic nitrogens is 1. The first-order chi connectivity index (χ1) is 12.0. The van der Waals surface area contributed by atoms with Gasteiger partial charge in [0.05, 0.1) is 23.1 Å². The normalized spacial score (nSPS) is 15.2. The Balaban J connectivity index is 1.69. The van der Waals surface area contributed by atoms with Crippen LogP contribution in [0.25, 0.3) is 10.6 Å². The van der Waals surface area contributed by atoms with Crippen LogP contribution in [0.3, 0.4) is 0 Å². The Labute approximate surface area is 159 Å². The zero-order chi connectivity index (χ0) is 18.0. The van der Waals surface area contributed by atoms with Crippen molar-refractivity contribution in [3.63, 3.8) is 0 Å². The molecular weight excluding hydrogens is 383 g/mol. The Morgan fingerprint density at radius 3 is 2.60 bits per heavy atom. The monoisotopic (exact) mass is 398 g/mol. The van der Waals surface area contributed by atoms with Crippen molar-refractivity contribution in [2.24, 2.45) is 5.92 Å². The molecule has 2 heterocycles. The Kier molecular flexibility index (Phi) is 5.61. The molecule has 5 nitrogen and oxygen atoms in total. The molecule has 1 aliphatic rings.